The lowest BCUT2D eigenvalue weighted by molar-refractivity contribution is -0.139. The summed E-state index contributed by atoms with van der Waals surface area (Å²) in [6.07, 6.45) is 6.09. The predicted octanol–water partition coefficient (Wildman–Crippen LogP) is 3.22. The molecule has 0 heterocycles. The van der Waals surface area contributed by atoms with Gasteiger partial charge in [0.05, 0.1) is 0 Å². The van der Waals surface area contributed by atoms with Crippen LogP contribution in [0.4, 0.5) is 0 Å². The average molecular weight is 218 g/mol. The largest absolute Gasteiger partial charge is 0.462 e. The smallest absolute Gasteiger partial charge is 0.302 e. The van der Waals surface area contributed by atoms with Crippen LogP contribution in [-0.2, 0) is 16.0 Å². The van der Waals surface area contributed by atoms with Crippen LogP contribution in [0.3, 0.4) is 0 Å². The molecule has 0 atom stereocenters. The maximum Gasteiger partial charge on any atom is 0.302 e. The first kappa shape index (κ1) is 12.5. The minimum absolute atomic E-state index is 0.247. The van der Waals surface area contributed by atoms with Crippen molar-refractivity contribution in [1.82, 2.24) is 0 Å². The van der Waals surface area contributed by atoms with Gasteiger partial charge in [0.25, 0.3) is 0 Å². The van der Waals surface area contributed by atoms with Gasteiger partial charge in [-0.3, -0.25) is 4.79 Å². The first-order chi connectivity index (χ1) is 7.72. The van der Waals surface area contributed by atoms with E-state index in [4.69, 9.17) is 4.74 Å². The van der Waals surface area contributed by atoms with Gasteiger partial charge in [-0.2, -0.15) is 0 Å². The Bertz CT molecular complexity index is 350. The molecule has 16 heavy (non-hydrogen) atoms. The molecule has 2 nitrogen and oxygen atoms in total. The molecule has 2 heteroatoms. The second-order valence-corrected chi connectivity index (χ2v) is 3.70. The molecule has 0 N–H and O–H groups in total. The molecule has 0 aromatic heterocycles. The summed E-state index contributed by atoms with van der Waals surface area (Å²) in [6.45, 7) is 3.92. The van der Waals surface area contributed by atoms with Crippen LogP contribution in [0.15, 0.2) is 30.3 Å². The van der Waals surface area contributed by atoms with Gasteiger partial charge in [0.15, 0.2) is 0 Å². The Hall–Kier alpha value is -1.57. The molecular formula is C14H18O2. The van der Waals surface area contributed by atoms with Crippen LogP contribution in [0.5, 0.6) is 0 Å². The summed E-state index contributed by atoms with van der Waals surface area (Å²) >= 11 is 0. The van der Waals surface area contributed by atoms with Gasteiger partial charge in [-0.1, -0.05) is 43.7 Å². The van der Waals surface area contributed by atoms with E-state index in [1.165, 1.54) is 18.9 Å². The van der Waals surface area contributed by atoms with Gasteiger partial charge in [-0.15, -0.1) is 0 Å². The highest BCUT2D eigenvalue weighted by molar-refractivity contribution is 5.66. The van der Waals surface area contributed by atoms with Crippen molar-refractivity contribution in [2.24, 2.45) is 0 Å². The van der Waals surface area contributed by atoms with E-state index in [-0.39, 0.29) is 5.97 Å². The topological polar surface area (TPSA) is 26.3 Å². The minimum atomic E-state index is -0.247. The van der Waals surface area contributed by atoms with Crippen LogP contribution in [0, 0.1) is 0 Å². The van der Waals surface area contributed by atoms with Gasteiger partial charge in [-0.05, 0) is 23.6 Å². The Morgan fingerprint density at radius 1 is 1.31 bits per heavy atom. The van der Waals surface area contributed by atoms with E-state index >= 15 is 0 Å². The summed E-state index contributed by atoms with van der Waals surface area (Å²) in [7, 11) is 0. The molecule has 0 aliphatic carbocycles. The molecule has 0 aliphatic heterocycles. The number of hydrogen-bond acceptors (Lipinski definition) is 2. The Morgan fingerprint density at radius 3 is 2.56 bits per heavy atom. The van der Waals surface area contributed by atoms with Crippen LogP contribution >= 0.6 is 0 Å². The van der Waals surface area contributed by atoms with Gasteiger partial charge in [0.1, 0.15) is 6.61 Å². The zero-order chi connectivity index (χ0) is 11.8. The average Bonchev–Trinajstić information content (AvgIpc) is 2.27. The van der Waals surface area contributed by atoms with Gasteiger partial charge in [0.2, 0.25) is 0 Å². The minimum Gasteiger partial charge on any atom is -0.462 e. The number of hydrogen-bond donors (Lipinski definition) is 0. The monoisotopic (exact) mass is 218 g/mol. The fraction of sp³-hybridized carbons (Fsp3) is 0.357. The fourth-order valence-electron chi connectivity index (χ4n) is 1.43. The van der Waals surface area contributed by atoms with Crippen molar-refractivity contribution < 1.29 is 9.53 Å². The number of esters is 1. The first-order valence-corrected chi connectivity index (χ1v) is 5.61. The van der Waals surface area contributed by atoms with E-state index in [9.17, 15) is 4.79 Å². The molecule has 0 bridgehead atoms. The molecular weight excluding hydrogens is 200 g/mol. The lowest BCUT2D eigenvalue weighted by Gasteiger charge is -1.99. The van der Waals surface area contributed by atoms with Crippen molar-refractivity contribution in [3.63, 3.8) is 0 Å². The lowest BCUT2D eigenvalue weighted by atomic mass is 10.1. The molecule has 1 aromatic carbocycles. The molecule has 1 rings (SSSR count). The maximum absolute atomic E-state index is 10.5. The van der Waals surface area contributed by atoms with E-state index in [1.807, 2.05) is 12.2 Å². The number of carbonyl (C=O) groups is 1. The summed E-state index contributed by atoms with van der Waals surface area (Å²) < 4.78 is 4.80. The van der Waals surface area contributed by atoms with Crippen LogP contribution in [0.1, 0.15) is 31.4 Å². The predicted molar refractivity (Wildman–Crippen MR) is 66.1 cm³/mol. The van der Waals surface area contributed by atoms with Gasteiger partial charge < -0.3 is 4.74 Å². The lowest BCUT2D eigenvalue weighted by Crippen LogP contribution is -1.97. The molecule has 86 valence electrons. The van der Waals surface area contributed by atoms with Crippen molar-refractivity contribution in [1.29, 1.82) is 0 Å². The summed E-state index contributed by atoms with van der Waals surface area (Å²) in [5.41, 5.74) is 2.49. The molecule has 1 aromatic rings. The van der Waals surface area contributed by atoms with Crippen LogP contribution in [0.2, 0.25) is 0 Å². The van der Waals surface area contributed by atoms with Crippen molar-refractivity contribution in [2.45, 2.75) is 26.7 Å². The van der Waals surface area contributed by atoms with E-state index in [1.54, 1.807) is 0 Å². The second kappa shape index (κ2) is 6.83. The number of aryl methyl sites for hydroxylation is 1. The van der Waals surface area contributed by atoms with E-state index in [0.29, 0.717) is 6.61 Å². The molecule has 0 fully saturated rings. The molecule has 0 unspecified atom stereocenters. The number of ether oxygens (including phenoxy) is 1. The number of benzene rings is 1. The highest BCUT2D eigenvalue weighted by Crippen LogP contribution is 2.07. The molecule has 0 radical (unpaired) electrons. The van der Waals surface area contributed by atoms with E-state index < -0.39 is 0 Å². The third kappa shape index (κ3) is 4.78. The van der Waals surface area contributed by atoms with E-state index in [0.717, 1.165) is 12.0 Å². The summed E-state index contributed by atoms with van der Waals surface area (Å²) in [5, 5.41) is 0. The quantitative estimate of drug-likeness (QED) is 0.709. The standard InChI is InChI=1S/C14H18O2/c1-3-5-13-7-9-14(10-8-13)6-4-11-16-12(2)15/h4,6-10H,3,5,11H2,1-2H3. The first-order valence-electron chi connectivity index (χ1n) is 5.61. The highest BCUT2D eigenvalue weighted by atomic mass is 16.5. The SMILES string of the molecule is CCCc1ccc(C=CCOC(C)=O)cc1. The van der Waals surface area contributed by atoms with Crippen LogP contribution < -0.4 is 0 Å². The molecule has 0 saturated carbocycles. The number of carbonyl (C=O) groups excluding carboxylic acids is 1. The van der Waals surface area contributed by atoms with Crippen LogP contribution in [-0.4, -0.2) is 12.6 Å². The Morgan fingerprint density at radius 2 is 2.00 bits per heavy atom. The van der Waals surface area contributed by atoms with Crippen molar-refractivity contribution in [2.75, 3.05) is 6.61 Å². The highest BCUT2D eigenvalue weighted by Gasteiger charge is 1.91. The van der Waals surface area contributed by atoms with Crippen molar-refractivity contribution in [3.8, 4) is 0 Å². The fourth-order valence-corrected chi connectivity index (χ4v) is 1.43. The van der Waals surface area contributed by atoms with E-state index in [2.05, 4.69) is 31.2 Å². The Labute approximate surface area is 96.9 Å². The van der Waals surface area contributed by atoms with Crippen molar-refractivity contribution in [3.05, 3.63) is 41.5 Å². The zero-order valence-electron chi connectivity index (χ0n) is 9.90. The molecule has 0 spiro atoms. The molecule has 0 amide bonds. The molecule has 0 saturated heterocycles. The summed E-state index contributed by atoms with van der Waals surface area (Å²) in [6, 6.07) is 8.43. The van der Waals surface area contributed by atoms with Crippen molar-refractivity contribution >= 4 is 12.0 Å². The van der Waals surface area contributed by atoms with Crippen LogP contribution in [0.25, 0.3) is 6.08 Å². The van der Waals surface area contributed by atoms with Gasteiger partial charge >= 0.3 is 5.97 Å². The van der Waals surface area contributed by atoms with Gasteiger partial charge in [0, 0.05) is 6.92 Å². The summed E-state index contributed by atoms with van der Waals surface area (Å²) in [5.74, 6) is -0.247. The summed E-state index contributed by atoms with van der Waals surface area (Å²) in [4.78, 5) is 10.5. The molecule has 0 aliphatic rings. The third-order valence-electron chi connectivity index (χ3n) is 2.21. The van der Waals surface area contributed by atoms with Gasteiger partial charge in [-0.25, -0.2) is 0 Å². The third-order valence-corrected chi connectivity index (χ3v) is 2.21. The Balaban J connectivity index is 2.45. The normalized spacial score (nSPS) is 10.6. The number of rotatable bonds is 5. The zero-order valence-corrected chi connectivity index (χ0v) is 9.90. The second-order valence-electron chi connectivity index (χ2n) is 3.70. The maximum atomic E-state index is 10.5. The Kier molecular flexibility index (Phi) is 5.34.